The lowest BCUT2D eigenvalue weighted by atomic mass is 10.00. The van der Waals surface area contributed by atoms with Gasteiger partial charge in [0.2, 0.25) is 0 Å². The highest BCUT2D eigenvalue weighted by Gasteiger charge is 2.21. The first-order valence-corrected chi connectivity index (χ1v) is 20.8. The summed E-state index contributed by atoms with van der Waals surface area (Å²) >= 11 is 0. The number of carbonyl (C=O) groups is 3. The molecule has 0 bridgehead atoms. The maximum absolute atomic E-state index is 14.4. The van der Waals surface area contributed by atoms with E-state index in [0.717, 1.165) is 61.2 Å². The zero-order valence-electron chi connectivity index (χ0n) is 35.4. The molecule has 0 aromatic heterocycles. The average molecular weight is 841 g/mol. The zero-order valence-corrected chi connectivity index (χ0v) is 35.4. The minimum absolute atomic E-state index is 0.0719. The SMILES string of the molecule is CC(=O)O/N=C(/c1ccccc1)c1ccc(N(c2ccc(/C(=N\OC(C)=O)c3ccccc3)cc2)c2cccc3cc(C(=O)N(Cc4ccccc4)Cc4ccccc4)ccc23)cc1. The van der Waals surface area contributed by atoms with Gasteiger partial charge in [0.05, 0.1) is 5.69 Å². The summed E-state index contributed by atoms with van der Waals surface area (Å²) in [4.78, 5) is 52.4. The molecule has 64 heavy (non-hydrogen) atoms. The molecule has 9 nitrogen and oxygen atoms in total. The summed E-state index contributed by atoms with van der Waals surface area (Å²) in [6, 6.07) is 66.9. The van der Waals surface area contributed by atoms with E-state index >= 15 is 0 Å². The number of hydrogen-bond acceptors (Lipinski definition) is 8. The molecule has 0 fully saturated rings. The fraction of sp³-hybridized carbons (Fsp3) is 0.0727. The van der Waals surface area contributed by atoms with Gasteiger partial charge in [0.25, 0.3) is 5.91 Å². The minimum Gasteiger partial charge on any atom is -0.330 e. The molecule has 0 unspecified atom stereocenters. The second kappa shape index (κ2) is 20.0. The van der Waals surface area contributed by atoms with Gasteiger partial charge in [-0.3, -0.25) is 4.79 Å². The van der Waals surface area contributed by atoms with E-state index in [1.807, 2.05) is 205 Å². The van der Waals surface area contributed by atoms with Crippen LogP contribution in [0.3, 0.4) is 0 Å². The predicted molar refractivity (Wildman–Crippen MR) is 253 cm³/mol. The van der Waals surface area contributed by atoms with Crippen molar-refractivity contribution in [2.24, 2.45) is 10.3 Å². The van der Waals surface area contributed by atoms with E-state index in [9.17, 15) is 14.4 Å². The molecule has 0 heterocycles. The van der Waals surface area contributed by atoms with Crippen LogP contribution >= 0.6 is 0 Å². The molecular formula is C55H44N4O5. The van der Waals surface area contributed by atoms with Crippen LogP contribution < -0.4 is 4.90 Å². The molecule has 0 radical (unpaired) electrons. The second-order valence-electron chi connectivity index (χ2n) is 15.1. The number of fused-ring (bicyclic) bond motifs is 1. The molecule has 314 valence electrons. The minimum atomic E-state index is -0.520. The highest BCUT2D eigenvalue weighted by atomic mass is 16.7. The van der Waals surface area contributed by atoms with Gasteiger partial charge in [0.1, 0.15) is 11.4 Å². The normalized spacial score (nSPS) is 11.5. The van der Waals surface area contributed by atoms with Crippen molar-refractivity contribution in [1.82, 2.24) is 4.90 Å². The largest absolute Gasteiger partial charge is 0.332 e. The van der Waals surface area contributed by atoms with E-state index < -0.39 is 11.9 Å². The average Bonchev–Trinajstić information content (AvgIpc) is 3.33. The molecule has 0 saturated heterocycles. The Morgan fingerprint density at radius 2 is 0.844 bits per heavy atom. The van der Waals surface area contributed by atoms with E-state index in [-0.39, 0.29) is 5.91 Å². The molecule has 8 aromatic rings. The van der Waals surface area contributed by atoms with Crippen LogP contribution in [0.2, 0.25) is 0 Å². The third-order valence-electron chi connectivity index (χ3n) is 10.5. The van der Waals surface area contributed by atoms with E-state index in [1.165, 1.54) is 13.8 Å². The first-order valence-electron chi connectivity index (χ1n) is 20.8. The molecule has 0 N–H and O–H groups in total. The maximum Gasteiger partial charge on any atom is 0.332 e. The maximum atomic E-state index is 14.4. The van der Waals surface area contributed by atoms with Gasteiger partial charge >= 0.3 is 11.9 Å². The van der Waals surface area contributed by atoms with Gasteiger partial charge in [-0.25, -0.2) is 9.59 Å². The van der Waals surface area contributed by atoms with Crippen molar-refractivity contribution in [2.75, 3.05) is 4.90 Å². The number of hydrogen-bond donors (Lipinski definition) is 0. The Hall–Kier alpha value is -8.43. The Morgan fingerprint density at radius 3 is 1.28 bits per heavy atom. The lowest BCUT2D eigenvalue weighted by molar-refractivity contribution is -0.141. The molecule has 1 amide bonds. The number of rotatable bonds is 14. The Morgan fingerprint density at radius 1 is 0.438 bits per heavy atom. The second-order valence-corrected chi connectivity index (χ2v) is 15.1. The molecule has 9 heteroatoms. The summed E-state index contributed by atoms with van der Waals surface area (Å²) < 4.78 is 0. The number of nitrogens with zero attached hydrogens (tertiary/aromatic N) is 4. The van der Waals surface area contributed by atoms with Crippen LogP contribution in [0, 0.1) is 0 Å². The molecule has 0 atom stereocenters. The van der Waals surface area contributed by atoms with Gasteiger partial charge in [0.15, 0.2) is 0 Å². The first-order chi connectivity index (χ1) is 31.3. The van der Waals surface area contributed by atoms with Crippen molar-refractivity contribution in [3.63, 3.8) is 0 Å². The van der Waals surface area contributed by atoms with E-state index in [0.29, 0.717) is 30.1 Å². The molecule has 0 aliphatic carbocycles. The number of benzene rings is 8. The van der Waals surface area contributed by atoms with Gasteiger partial charge in [-0.05, 0) is 59.0 Å². The van der Waals surface area contributed by atoms with Gasteiger partial charge < -0.3 is 19.5 Å². The number of anilines is 3. The van der Waals surface area contributed by atoms with Crippen molar-refractivity contribution in [1.29, 1.82) is 0 Å². The summed E-state index contributed by atoms with van der Waals surface area (Å²) in [5.41, 5.74) is 9.30. The van der Waals surface area contributed by atoms with Gasteiger partial charge in [0, 0.05) is 71.5 Å². The summed E-state index contributed by atoms with van der Waals surface area (Å²) in [5, 5.41) is 10.3. The van der Waals surface area contributed by atoms with Crippen molar-refractivity contribution in [3.8, 4) is 0 Å². The zero-order chi connectivity index (χ0) is 44.3. The van der Waals surface area contributed by atoms with Gasteiger partial charge in [-0.2, -0.15) is 0 Å². The summed E-state index contributed by atoms with van der Waals surface area (Å²) in [5.74, 6) is -1.11. The smallest absolute Gasteiger partial charge is 0.330 e. The Labute approximate surface area is 372 Å². The molecule has 8 rings (SSSR count). The molecule has 0 aliphatic heterocycles. The Kier molecular flexibility index (Phi) is 13.2. The Balaban J connectivity index is 1.21. The number of carbonyl (C=O) groups excluding carboxylic acids is 3. The fourth-order valence-corrected chi connectivity index (χ4v) is 7.50. The summed E-state index contributed by atoms with van der Waals surface area (Å²) in [7, 11) is 0. The molecule has 0 spiro atoms. The third kappa shape index (κ3) is 10.2. The monoisotopic (exact) mass is 840 g/mol. The molecule has 0 aliphatic rings. The predicted octanol–water partition coefficient (Wildman–Crippen LogP) is 11.8. The fourth-order valence-electron chi connectivity index (χ4n) is 7.50. The van der Waals surface area contributed by atoms with Crippen molar-refractivity contribution < 1.29 is 24.1 Å². The third-order valence-corrected chi connectivity index (χ3v) is 10.5. The van der Waals surface area contributed by atoms with Crippen LogP contribution in [0.4, 0.5) is 17.1 Å². The lowest BCUT2D eigenvalue weighted by Gasteiger charge is -2.28. The standard InChI is InChI=1S/C55H44N4O5/c1-39(60)63-56-53(43-20-11-5-12-21-43)45-26-31-49(32-27-45)59(50-33-28-46(29-34-50)54(57-64-40(2)61)44-22-13-6-14-23-44)52-25-15-24-47-36-48(30-35-51(47)52)55(62)58(37-41-16-7-3-8-17-41)38-42-18-9-4-10-19-42/h3-36H,37-38H2,1-2H3/b56-53-,57-54-. The number of oxime groups is 2. The van der Waals surface area contributed by atoms with Crippen LogP contribution in [0.1, 0.15) is 57.6 Å². The number of amides is 1. The molecular weight excluding hydrogens is 797 g/mol. The topological polar surface area (TPSA) is 101 Å². The van der Waals surface area contributed by atoms with Crippen molar-refractivity contribution in [2.45, 2.75) is 26.9 Å². The highest BCUT2D eigenvalue weighted by molar-refractivity contribution is 6.14. The molecule has 8 aromatic carbocycles. The summed E-state index contributed by atoms with van der Waals surface area (Å²) in [6.07, 6.45) is 0. The Bertz CT molecular complexity index is 2780. The van der Waals surface area contributed by atoms with Crippen LogP contribution in [0.5, 0.6) is 0 Å². The lowest BCUT2D eigenvalue weighted by Crippen LogP contribution is -2.30. The van der Waals surface area contributed by atoms with Crippen molar-refractivity contribution in [3.05, 3.63) is 245 Å². The van der Waals surface area contributed by atoms with Crippen molar-refractivity contribution >= 4 is 57.1 Å². The quantitative estimate of drug-likeness (QED) is 0.0614. The van der Waals surface area contributed by atoms with Gasteiger partial charge in [-0.1, -0.05) is 174 Å². The highest BCUT2D eigenvalue weighted by Crippen LogP contribution is 2.40. The first kappa shape index (κ1) is 42.3. The summed E-state index contributed by atoms with van der Waals surface area (Å²) in [6.45, 7) is 3.55. The molecule has 0 saturated carbocycles. The van der Waals surface area contributed by atoms with Crippen LogP contribution in [0.15, 0.2) is 217 Å². The van der Waals surface area contributed by atoms with Gasteiger partial charge in [-0.15, -0.1) is 0 Å². The van der Waals surface area contributed by atoms with E-state index in [4.69, 9.17) is 9.68 Å². The van der Waals surface area contributed by atoms with E-state index in [1.54, 1.807) is 0 Å². The van der Waals surface area contributed by atoms with Crippen LogP contribution in [-0.2, 0) is 32.4 Å². The van der Waals surface area contributed by atoms with Crippen LogP contribution in [-0.4, -0.2) is 34.2 Å². The van der Waals surface area contributed by atoms with Crippen LogP contribution in [0.25, 0.3) is 10.8 Å². The van der Waals surface area contributed by atoms with E-state index in [2.05, 4.69) is 21.3 Å².